The minimum Gasteiger partial charge on any atom is -0.326 e. The normalized spacial score (nSPS) is 10.3. The maximum absolute atomic E-state index is 12.3. The van der Waals surface area contributed by atoms with Crippen LogP contribution < -0.4 is 10.6 Å². The zero-order valence-corrected chi connectivity index (χ0v) is 15.6. The van der Waals surface area contributed by atoms with Crippen molar-refractivity contribution in [1.29, 1.82) is 0 Å². The minimum absolute atomic E-state index is 0.130. The summed E-state index contributed by atoms with van der Waals surface area (Å²) in [6.45, 7) is 1.99. The number of carbonyl (C=O) groups excluding carboxylic acids is 2. The molecule has 136 valence electrons. The van der Waals surface area contributed by atoms with Gasteiger partial charge in [-0.05, 0) is 61.0 Å². The fraction of sp³-hybridized carbons (Fsp3) is 0.0909. The Kier molecular flexibility index (Phi) is 5.89. The van der Waals surface area contributed by atoms with E-state index in [0.29, 0.717) is 16.3 Å². The largest absolute Gasteiger partial charge is 0.326 e. The molecule has 2 amide bonds. The van der Waals surface area contributed by atoms with Crippen molar-refractivity contribution in [2.75, 3.05) is 10.6 Å². The standard InChI is InChI=1S/C22H19ClN2O2/c1-15-2-10-20(11-3-15)25-22(27)17-6-12-19(13-7-17)24-21(26)14-16-4-8-18(23)9-5-16/h2-13H,14H2,1H3,(H,24,26)(H,25,27). The lowest BCUT2D eigenvalue weighted by Gasteiger charge is -2.08. The van der Waals surface area contributed by atoms with E-state index >= 15 is 0 Å². The van der Waals surface area contributed by atoms with Crippen molar-refractivity contribution in [2.24, 2.45) is 0 Å². The van der Waals surface area contributed by atoms with Gasteiger partial charge in [0.1, 0.15) is 0 Å². The lowest BCUT2D eigenvalue weighted by Crippen LogP contribution is -2.15. The molecule has 2 N–H and O–H groups in total. The van der Waals surface area contributed by atoms with Crippen LogP contribution in [-0.4, -0.2) is 11.8 Å². The van der Waals surface area contributed by atoms with Crippen LogP contribution in [0, 0.1) is 6.92 Å². The Bertz CT molecular complexity index is 934. The number of hydrogen-bond acceptors (Lipinski definition) is 2. The van der Waals surface area contributed by atoms with Crippen molar-refractivity contribution in [3.63, 3.8) is 0 Å². The topological polar surface area (TPSA) is 58.2 Å². The van der Waals surface area contributed by atoms with E-state index in [0.717, 1.165) is 16.8 Å². The molecule has 0 spiro atoms. The first-order chi connectivity index (χ1) is 13.0. The number of anilines is 2. The second kappa shape index (κ2) is 8.52. The van der Waals surface area contributed by atoms with Crippen LogP contribution in [0.1, 0.15) is 21.5 Å². The number of rotatable bonds is 5. The fourth-order valence-electron chi connectivity index (χ4n) is 2.54. The second-order valence-electron chi connectivity index (χ2n) is 6.25. The Hall–Kier alpha value is -3.11. The monoisotopic (exact) mass is 378 g/mol. The second-order valence-corrected chi connectivity index (χ2v) is 6.69. The van der Waals surface area contributed by atoms with Crippen molar-refractivity contribution >= 4 is 34.8 Å². The Balaban J connectivity index is 1.57. The van der Waals surface area contributed by atoms with E-state index in [2.05, 4.69) is 10.6 Å². The van der Waals surface area contributed by atoms with Gasteiger partial charge in [0.2, 0.25) is 5.91 Å². The van der Waals surface area contributed by atoms with E-state index in [1.807, 2.05) is 43.3 Å². The first-order valence-electron chi connectivity index (χ1n) is 8.52. The molecule has 3 aromatic rings. The number of carbonyl (C=O) groups is 2. The number of benzene rings is 3. The molecule has 0 aliphatic heterocycles. The third kappa shape index (κ3) is 5.43. The summed E-state index contributed by atoms with van der Waals surface area (Å²) in [6.07, 6.45) is 0.257. The molecular formula is C22H19ClN2O2. The van der Waals surface area contributed by atoms with E-state index < -0.39 is 0 Å². The van der Waals surface area contributed by atoms with Gasteiger partial charge in [0.15, 0.2) is 0 Å². The summed E-state index contributed by atoms with van der Waals surface area (Å²) >= 11 is 5.84. The quantitative estimate of drug-likeness (QED) is 0.650. The van der Waals surface area contributed by atoms with Crippen LogP contribution in [0.3, 0.4) is 0 Å². The third-order valence-electron chi connectivity index (χ3n) is 4.02. The highest BCUT2D eigenvalue weighted by atomic mass is 35.5. The van der Waals surface area contributed by atoms with Gasteiger partial charge < -0.3 is 10.6 Å². The zero-order chi connectivity index (χ0) is 19.2. The number of aryl methyl sites for hydroxylation is 1. The van der Waals surface area contributed by atoms with E-state index in [-0.39, 0.29) is 18.2 Å². The molecule has 27 heavy (non-hydrogen) atoms. The summed E-state index contributed by atoms with van der Waals surface area (Å²) < 4.78 is 0. The molecule has 3 aromatic carbocycles. The smallest absolute Gasteiger partial charge is 0.255 e. The van der Waals surface area contributed by atoms with Gasteiger partial charge in [-0.15, -0.1) is 0 Å². The molecular weight excluding hydrogens is 360 g/mol. The van der Waals surface area contributed by atoms with Crippen LogP contribution in [0.25, 0.3) is 0 Å². The van der Waals surface area contributed by atoms with E-state index in [9.17, 15) is 9.59 Å². The Morgan fingerprint density at radius 3 is 1.96 bits per heavy atom. The van der Waals surface area contributed by atoms with Gasteiger partial charge in [0, 0.05) is 22.0 Å². The van der Waals surface area contributed by atoms with Gasteiger partial charge in [0.05, 0.1) is 6.42 Å². The molecule has 0 bridgehead atoms. The number of hydrogen-bond donors (Lipinski definition) is 2. The highest BCUT2D eigenvalue weighted by molar-refractivity contribution is 6.30. The molecule has 5 heteroatoms. The van der Waals surface area contributed by atoms with Crippen molar-refractivity contribution in [3.05, 3.63) is 94.5 Å². The average Bonchev–Trinajstić information content (AvgIpc) is 2.66. The van der Waals surface area contributed by atoms with Crippen molar-refractivity contribution in [2.45, 2.75) is 13.3 Å². The molecule has 0 aliphatic rings. The van der Waals surface area contributed by atoms with Gasteiger partial charge >= 0.3 is 0 Å². The Morgan fingerprint density at radius 1 is 0.778 bits per heavy atom. The van der Waals surface area contributed by atoms with Gasteiger partial charge in [0.25, 0.3) is 5.91 Å². The SMILES string of the molecule is Cc1ccc(NC(=O)c2ccc(NC(=O)Cc3ccc(Cl)cc3)cc2)cc1. The molecule has 0 saturated heterocycles. The summed E-state index contributed by atoms with van der Waals surface area (Å²) in [5, 5.41) is 6.31. The summed E-state index contributed by atoms with van der Waals surface area (Å²) in [6, 6.07) is 21.5. The maximum atomic E-state index is 12.3. The summed E-state index contributed by atoms with van der Waals surface area (Å²) in [5.74, 6) is -0.327. The van der Waals surface area contributed by atoms with E-state index in [1.165, 1.54) is 0 Å². The molecule has 0 atom stereocenters. The Morgan fingerprint density at radius 2 is 1.33 bits per heavy atom. The maximum Gasteiger partial charge on any atom is 0.255 e. The molecule has 0 fully saturated rings. The van der Waals surface area contributed by atoms with Gasteiger partial charge in [-0.1, -0.05) is 41.4 Å². The molecule has 0 aromatic heterocycles. The molecule has 0 heterocycles. The van der Waals surface area contributed by atoms with Crippen LogP contribution >= 0.6 is 11.6 Å². The lowest BCUT2D eigenvalue weighted by molar-refractivity contribution is -0.115. The predicted octanol–water partition coefficient (Wildman–Crippen LogP) is 5.08. The predicted molar refractivity (Wildman–Crippen MR) is 109 cm³/mol. The van der Waals surface area contributed by atoms with Gasteiger partial charge in [-0.25, -0.2) is 0 Å². The van der Waals surface area contributed by atoms with Crippen LogP contribution in [0.5, 0.6) is 0 Å². The van der Waals surface area contributed by atoms with E-state index in [4.69, 9.17) is 11.6 Å². The zero-order valence-electron chi connectivity index (χ0n) is 14.8. The highest BCUT2D eigenvalue weighted by Crippen LogP contribution is 2.15. The molecule has 0 saturated carbocycles. The highest BCUT2D eigenvalue weighted by Gasteiger charge is 2.08. The van der Waals surface area contributed by atoms with Gasteiger partial charge in [-0.2, -0.15) is 0 Å². The molecule has 0 aliphatic carbocycles. The summed E-state index contributed by atoms with van der Waals surface area (Å²) in [4.78, 5) is 24.4. The first-order valence-corrected chi connectivity index (χ1v) is 8.90. The van der Waals surface area contributed by atoms with Crippen LogP contribution in [0.4, 0.5) is 11.4 Å². The molecule has 4 nitrogen and oxygen atoms in total. The average molecular weight is 379 g/mol. The fourth-order valence-corrected chi connectivity index (χ4v) is 2.66. The van der Waals surface area contributed by atoms with E-state index in [1.54, 1.807) is 36.4 Å². The number of amides is 2. The lowest BCUT2D eigenvalue weighted by atomic mass is 10.1. The van der Waals surface area contributed by atoms with Crippen molar-refractivity contribution in [3.8, 4) is 0 Å². The van der Waals surface area contributed by atoms with Crippen LogP contribution in [0.2, 0.25) is 5.02 Å². The summed E-state index contributed by atoms with van der Waals surface area (Å²) in [7, 11) is 0. The molecule has 3 rings (SSSR count). The third-order valence-corrected chi connectivity index (χ3v) is 4.27. The number of nitrogens with one attached hydrogen (secondary N) is 2. The first kappa shape index (κ1) is 18.7. The van der Waals surface area contributed by atoms with Crippen molar-refractivity contribution in [1.82, 2.24) is 0 Å². The van der Waals surface area contributed by atoms with Crippen LogP contribution in [-0.2, 0) is 11.2 Å². The van der Waals surface area contributed by atoms with Crippen LogP contribution in [0.15, 0.2) is 72.8 Å². The summed E-state index contributed by atoms with van der Waals surface area (Å²) in [5.41, 5.74) is 3.91. The molecule has 0 radical (unpaired) electrons. The number of halogens is 1. The Labute approximate surface area is 163 Å². The van der Waals surface area contributed by atoms with Gasteiger partial charge in [-0.3, -0.25) is 9.59 Å². The molecule has 0 unspecified atom stereocenters. The minimum atomic E-state index is -0.196. The van der Waals surface area contributed by atoms with Crippen molar-refractivity contribution < 1.29 is 9.59 Å².